The van der Waals surface area contributed by atoms with Crippen molar-refractivity contribution in [2.24, 2.45) is 0 Å². The second-order valence-corrected chi connectivity index (χ2v) is 15.8. The number of amides is 1. The van der Waals surface area contributed by atoms with Gasteiger partial charge >= 0.3 is 13.2 Å². The number of nitrogens with zero attached hydrogens (tertiary/aromatic N) is 4. The van der Waals surface area contributed by atoms with Crippen molar-refractivity contribution in [1.29, 1.82) is 0 Å². The maximum Gasteiger partial charge on any atom is 0.487 e. The molecule has 1 aromatic heterocycles. The van der Waals surface area contributed by atoms with Crippen LogP contribution in [0.1, 0.15) is 98.1 Å². The number of benzene rings is 2. The Morgan fingerprint density at radius 3 is 2.41 bits per heavy atom. The molecule has 1 atom stereocenters. The number of hydrogen-bond donors (Lipinski definition) is 0. The summed E-state index contributed by atoms with van der Waals surface area (Å²) in [6.07, 6.45) is 6.27. The molecular weight excluding hydrogens is 622 g/mol. The molecule has 0 bridgehead atoms. The molecule has 0 saturated carbocycles. The van der Waals surface area contributed by atoms with Gasteiger partial charge in [0.25, 0.3) is 0 Å². The number of aromatic nitrogens is 2. The van der Waals surface area contributed by atoms with Gasteiger partial charge in [-0.15, -0.1) is 0 Å². The molecule has 11 heteroatoms. The van der Waals surface area contributed by atoms with Gasteiger partial charge in [-0.25, -0.2) is 13.9 Å². The second-order valence-electron chi connectivity index (χ2n) is 15.8. The van der Waals surface area contributed by atoms with Crippen molar-refractivity contribution in [3.05, 3.63) is 59.4 Å². The van der Waals surface area contributed by atoms with Gasteiger partial charge in [0.1, 0.15) is 11.4 Å². The zero-order chi connectivity index (χ0) is 35.1. The molecule has 3 saturated heterocycles. The van der Waals surface area contributed by atoms with Crippen LogP contribution >= 0.6 is 0 Å². The molecule has 2 aromatic carbocycles. The SMILES string of the molecule is CN(Cc1ccc(-c2ccc3c(c2)c(/C=C/B2OC(C)(C)C(C)(C)O2)nn3C2CCCCO2)c(F)c1)C1CCN(C(=O)OC(C)(C)C)CC1. The van der Waals surface area contributed by atoms with Crippen LogP contribution in [-0.2, 0) is 25.3 Å². The van der Waals surface area contributed by atoms with Gasteiger partial charge in [-0.2, -0.15) is 5.10 Å². The lowest BCUT2D eigenvalue weighted by atomic mass is 9.89. The molecule has 3 fully saturated rings. The van der Waals surface area contributed by atoms with Gasteiger partial charge in [-0.1, -0.05) is 24.2 Å². The van der Waals surface area contributed by atoms with Crippen LogP contribution in [0.5, 0.6) is 0 Å². The molecule has 1 amide bonds. The Balaban J connectivity index is 1.19. The number of likely N-dealkylation sites (tertiary alicyclic amines) is 1. The van der Waals surface area contributed by atoms with Crippen LogP contribution in [-0.4, -0.2) is 82.4 Å². The molecule has 6 rings (SSSR count). The van der Waals surface area contributed by atoms with Crippen LogP contribution in [0, 0.1) is 5.82 Å². The highest BCUT2D eigenvalue weighted by Gasteiger charge is 2.50. The van der Waals surface area contributed by atoms with Gasteiger partial charge < -0.3 is 23.7 Å². The zero-order valence-corrected chi connectivity index (χ0v) is 30.4. The molecule has 3 aliphatic rings. The first-order chi connectivity index (χ1) is 23.1. The van der Waals surface area contributed by atoms with Gasteiger partial charge in [0, 0.05) is 43.2 Å². The Bertz CT molecular complexity index is 1670. The number of halogens is 1. The van der Waals surface area contributed by atoms with Crippen molar-refractivity contribution < 1.29 is 28.0 Å². The van der Waals surface area contributed by atoms with E-state index in [1.807, 2.05) is 95.5 Å². The predicted octanol–water partition coefficient (Wildman–Crippen LogP) is 8.02. The second kappa shape index (κ2) is 13.8. The van der Waals surface area contributed by atoms with E-state index in [1.54, 1.807) is 11.0 Å². The van der Waals surface area contributed by atoms with E-state index >= 15 is 4.39 Å². The molecule has 264 valence electrons. The summed E-state index contributed by atoms with van der Waals surface area (Å²) in [5.41, 5.74) is 2.56. The molecule has 4 heterocycles. The summed E-state index contributed by atoms with van der Waals surface area (Å²) < 4.78 is 41.8. The minimum Gasteiger partial charge on any atom is -0.444 e. The van der Waals surface area contributed by atoms with E-state index in [0.717, 1.165) is 59.8 Å². The summed E-state index contributed by atoms with van der Waals surface area (Å²) in [4.78, 5) is 16.5. The summed E-state index contributed by atoms with van der Waals surface area (Å²) in [5, 5.41) is 5.91. The Labute approximate surface area is 290 Å². The summed E-state index contributed by atoms with van der Waals surface area (Å²) in [7, 11) is 1.57. The maximum absolute atomic E-state index is 15.8. The minimum atomic E-state index is -0.507. The Hall–Kier alpha value is -3.25. The monoisotopic (exact) mass is 674 g/mol. The third-order valence-electron chi connectivity index (χ3n) is 10.4. The van der Waals surface area contributed by atoms with Gasteiger partial charge in [-0.3, -0.25) is 4.90 Å². The molecule has 3 aliphatic heterocycles. The molecular formula is C38H52BFN4O5. The zero-order valence-electron chi connectivity index (χ0n) is 30.4. The molecule has 3 aromatic rings. The summed E-state index contributed by atoms with van der Waals surface area (Å²) in [6, 6.07) is 11.8. The van der Waals surface area contributed by atoms with Crippen molar-refractivity contribution in [2.45, 2.75) is 116 Å². The number of rotatable bonds is 7. The highest BCUT2D eigenvalue weighted by Crippen LogP contribution is 2.38. The van der Waals surface area contributed by atoms with Crippen LogP contribution in [0.3, 0.4) is 0 Å². The predicted molar refractivity (Wildman–Crippen MR) is 191 cm³/mol. The van der Waals surface area contributed by atoms with Crippen molar-refractivity contribution in [1.82, 2.24) is 19.6 Å². The third-order valence-corrected chi connectivity index (χ3v) is 10.4. The minimum absolute atomic E-state index is 0.140. The smallest absolute Gasteiger partial charge is 0.444 e. The number of carbonyl (C=O) groups is 1. The van der Waals surface area contributed by atoms with Crippen molar-refractivity contribution in [2.75, 3.05) is 26.7 Å². The maximum atomic E-state index is 15.8. The average Bonchev–Trinajstić information content (AvgIpc) is 3.51. The molecule has 0 N–H and O–H groups in total. The quantitative estimate of drug-likeness (QED) is 0.235. The van der Waals surface area contributed by atoms with E-state index in [0.29, 0.717) is 37.8 Å². The number of ether oxygens (including phenoxy) is 2. The number of fused-ring (bicyclic) bond motifs is 1. The first-order valence-corrected chi connectivity index (χ1v) is 17.7. The largest absolute Gasteiger partial charge is 0.487 e. The van der Waals surface area contributed by atoms with E-state index in [2.05, 4.69) is 11.9 Å². The Morgan fingerprint density at radius 1 is 1.06 bits per heavy atom. The molecule has 1 unspecified atom stereocenters. The van der Waals surface area contributed by atoms with Crippen LogP contribution in [0.4, 0.5) is 9.18 Å². The van der Waals surface area contributed by atoms with Gasteiger partial charge in [0.15, 0.2) is 6.23 Å². The summed E-state index contributed by atoms with van der Waals surface area (Å²) in [6.45, 7) is 16.4. The molecule has 0 radical (unpaired) electrons. The van der Waals surface area contributed by atoms with Crippen LogP contribution in [0.25, 0.3) is 28.1 Å². The van der Waals surface area contributed by atoms with E-state index < -0.39 is 23.9 Å². The lowest BCUT2D eigenvalue weighted by Crippen LogP contribution is -2.46. The molecule has 0 aliphatic carbocycles. The average molecular weight is 675 g/mol. The first kappa shape index (κ1) is 35.6. The van der Waals surface area contributed by atoms with Gasteiger partial charge in [0.05, 0.1) is 22.4 Å². The number of piperidine rings is 1. The fourth-order valence-electron chi connectivity index (χ4n) is 6.85. The fraction of sp³-hybridized carbons (Fsp3) is 0.579. The normalized spacial score (nSPS) is 21.7. The fourth-order valence-corrected chi connectivity index (χ4v) is 6.85. The van der Waals surface area contributed by atoms with Crippen LogP contribution in [0.2, 0.25) is 0 Å². The van der Waals surface area contributed by atoms with Crippen LogP contribution in [0.15, 0.2) is 42.4 Å². The first-order valence-electron chi connectivity index (χ1n) is 17.7. The van der Waals surface area contributed by atoms with E-state index in [9.17, 15) is 4.79 Å². The standard InChI is InChI=1S/C38H52BFN4O5/c1-36(2,3)47-35(45)43-20-17-28(18-21-43)42(8)25-26-12-14-29(31(40)23-26)27-13-15-33-30(24-27)32(41-44(33)34-11-9-10-22-46-34)16-19-39-48-37(4,5)38(6,7)49-39/h12-16,19,23-24,28,34H,9-11,17-18,20-22,25H2,1-8H3/b19-16+. The highest BCUT2D eigenvalue weighted by atomic mass is 19.1. The molecule has 49 heavy (non-hydrogen) atoms. The number of carbonyl (C=O) groups excluding carboxylic acids is 1. The van der Waals surface area contributed by atoms with Crippen molar-refractivity contribution >= 4 is 30.2 Å². The van der Waals surface area contributed by atoms with Gasteiger partial charge in [0.2, 0.25) is 0 Å². The molecule has 0 spiro atoms. The summed E-state index contributed by atoms with van der Waals surface area (Å²) in [5.74, 6) is 1.65. The van der Waals surface area contributed by atoms with Crippen molar-refractivity contribution in [3.63, 3.8) is 0 Å². The summed E-state index contributed by atoms with van der Waals surface area (Å²) >= 11 is 0. The Morgan fingerprint density at radius 2 is 1.78 bits per heavy atom. The highest BCUT2D eigenvalue weighted by molar-refractivity contribution is 6.52. The number of hydrogen-bond acceptors (Lipinski definition) is 7. The Kier molecular flexibility index (Phi) is 10.0. The third kappa shape index (κ3) is 7.90. The lowest BCUT2D eigenvalue weighted by molar-refractivity contribution is -0.0367. The van der Waals surface area contributed by atoms with E-state index in [1.165, 1.54) is 0 Å². The van der Waals surface area contributed by atoms with E-state index in [4.69, 9.17) is 23.9 Å². The topological polar surface area (TPSA) is 78.3 Å². The van der Waals surface area contributed by atoms with Gasteiger partial charge in [-0.05, 0) is 123 Å². The molecule has 9 nitrogen and oxygen atoms in total. The van der Waals surface area contributed by atoms with Crippen molar-refractivity contribution in [3.8, 4) is 11.1 Å². The van der Waals surface area contributed by atoms with Crippen LogP contribution < -0.4 is 0 Å². The lowest BCUT2D eigenvalue weighted by Gasteiger charge is -2.37. The van der Waals surface area contributed by atoms with E-state index in [-0.39, 0.29) is 18.1 Å².